The van der Waals surface area contributed by atoms with Crippen LogP contribution in [0.25, 0.3) is 0 Å². The van der Waals surface area contributed by atoms with Crippen molar-refractivity contribution in [1.82, 2.24) is 4.90 Å². The highest BCUT2D eigenvalue weighted by Crippen LogP contribution is 2.28. The van der Waals surface area contributed by atoms with E-state index in [2.05, 4.69) is 0 Å². The largest absolute Gasteiger partial charge is 0.338 e. The monoisotopic (exact) mass is 323 g/mol. The average molecular weight is 323 g/mol. The Hall–Kier alpha value is -1.60. The van der Waals surface area contributed by atoms with Crippen molar-refractivity contribution >= 4 is 23.4 Å². The van der Waals surface area contributed by atoms with Crippen molar-refractivity contribution in [3.05, 3.63) is 33.9 Å². The summed E-state index contributed by atoms with van der Waals surface area (Å²) in [7, 11) is 0. The van der Waals surface area contributed by atoms with Gasteiger partial charge in [-0.15, -0.1) is 11.8 Å². The van der Waals surface area contributed by atoms with Crippen LogP contribution in [0, 0.1) is 16.0 Å². The normalized spacial score (nSPS) is 19.8. The van der Waals surface area contributed by atoms with Crippen molar-refractivity contribution in [1.29, 1.82) is 0 Å². The molecule has 2 rings (SSSR count). The minimum Gasteiger partial charge on any atom is -0.338 e. The third-order valence-corrected chi connectivity index (χ3v) is 4.84. The van der Waals surface area contributed by atoms with Crippen molar-refractivity contribution in [2.24, 2.45) is 11.7 Å². The molecule has 0 saturated carbocycles. The minimum atomic E-state index is -0.496. The van der Waals surface area contributed by atoms with Crippen LogP contribution in [0.2, 0.25) is 0 Å². The molecule has 120 valence electrons. The van der Waals surface area contributed by atoms with E-state index in [1.54, 1.807) is 17.0 Å². The predicted octanol–water partition coefficient (Wildman–Crippen LogP) is 2.52. The third kappa shape index (κ3) is 3.59. The number of nitro groups is 1. The fourth-order valence-electron chi connectivity index (χ4n) is 2.77. The molecule has 0 spiro atoms. The Kier molecular flexibility index (Phi) is 5.42. The molecule has 0 radical (unpaired) electrons. The van der Waals surface area contributed by atoms with Crippen LogP contribution < -0.4 is 5.73 Å². The van der Waals surface area contributed by atoms with E-state index < -0.39 is 4.92 Å². The van der Waals surface area contributed by atoms with Gasteiger partial charge >= 0.3 is 0 Å². The number of benzene rings is 1. The number of carbonyl (C=O) groups excluding carboxylic acids is 1. The second-order valence-electron chi connectivity index (χ2n) is 5.65. The molecule has 0 bridgehead atoms. The van der Waals surface area contributed by atoms with Crippen molar-refractivity contribution in [3.8, 4) is 0 Å². The van der Waals surface area contributed by atoms with Gasteiger partial charge in [0.05, 0.1) is 4.92 Å². The van der Waals surface area contributed by atoms with Gasteiger partial charge in [0.1, 0.15) is 5.56 Å². The van der Waals surface area contributed by atoms with Crippen LogP contribution in [0.15, 0.2) is 23.1 Å². The molecule has 1 aliphatic heterocycles. The van der Waals surface area contributed by atoms with E-state index in [9.17, 15) is 14.9 Å². The van der Waals surface area contributed by atoms with Gasteiger partial charge < -0.3 is 10.6 Å². The molecule has 1 aromatic carbocycles. The smallest absolute Gasteiger partial charge is 0.282 e. The molecular formula is C15H21N3O3S. The fourth-order valence-corrected chi connectivity index (χ4v) is 3.21. The van der Waals surface area contributed by atoms with Gasteiger partial charge in [-0.3, -0.25) is 14.9 Å². The van der Waals surface area contributed by atoms with E-state index >= 15 is 0 Å². The van der Waals surface area contributed by atoms with Gasteiger partial charge in [0, 0.05) is 30.1 Å². The summed E-state index contributed by atoms with van der Waals surface area (Å²) in [5.41, 5.74) is 5.98. The molecule has 6 nitrogen and oxygen atoms in total. The van der Waals surface area contributed by atoms with Crippen molar-refractivity contribution in [2.45, 2.75) is 30.7 Å². The zero-order valence-electron chi connectivity index (χ0n) is 12.8. The Balaban J connectivity index is 2.29. The summed E-state index contributed by atoms with van der Waals surface area (Å²) >= 11 is 1.46. The van der Waals surface area contributed by atoms with Crippen molar-refractivity contribution < 1.29 is 9.72 Å². The number of nitro benzene ring substituents is 1. The van der Waals surface area contributed by atoms with Crippen LogP contribution in [0.4, 0.5) is 5.69 Å². The summed E-state index contributed by atoms with van der Waals surface area (Å²) in [4.78, 5) is 26.0. The molecule has 0 aromatic heterocycles. The molecule has 7 heteroatoms. The Morgan fingerprint density at radius 2 is 2.27 bits per heavy atom. The Bertz CT molecular complexity index is 577. The molecular weight excluding hydrogens is 302 g/mol. The lowest BCUT2D eigenvalue weighted by Crippen LogP contribution is -2.45. The zero-order chi connectivity index (χ0) is 16.3. The first-order chi connectivity index (χ1) is 10.4. The molecule has 1 amide bonds. The number of nitrogens with two attached hydrogens (primary N) is 1. The number of rotatable bonds is 4. The van der Waals surface area contributed by atoms with Crippen molar-refractivity contribution in [2.75, 3.05) is 19.3 Å². The van der Waals surface area contributed by atoms with Gasteiger partial charge in [0.25, 0.3) is 11.6 Å². The van der Waals surface area contributed by atoms with E-state index in [0.29, 0.717) is 13.1 Å². The van der Waals surface area contributed by atoms with E-state index in [1.807, 2.05) is 13.2 Å². The van der Waals surface area contributed by atoms with Gasteiger partial charge in [0.2, 0.25) is 0 Å². The lowest BCUT2D eigenvalue weighted by molar-refractivity contribution is -0.385. The number of hydrogen-bond acceptors (Lipinski definition) is 5. The molecule has 1 heterocycles. The number of amides is 1. The molecule has 1 aromatic rings. The molecule has 2 unspecified atom stereocenters. The van der Waals surface area contributed by atoms with Crippen LogP contribution in [0.5, 0.6) is 0 Å². The maximum Gasteiger partial charge on any atom is 0.282 e. The van der Waals surface area contributed by atoms with E-state index in [1.165, 1.54) is 17.8 Å². The third-order valence-electron chi connectivity index (χ3n) is 4.12. The first kappa shape index (κ1) is 16.8. The maximum absolute atomic E-state index is 12.7. The highest BCUT2D eigenvalue weighted by Gasteiger charge is 2.30. The molecule has 2 atom stereocenters. The lowest BCUT2D eigenvalue weighted by atomic mass is 9.92. The van der Waals surface area contributed by atoms with E-state index in [-0.39, 0.29) is 29.1 Å². The molecule has 1 fully saturated rings. The van der Waals surface area contributed by atoms with Crippen LogP contribution >= 0.6 is 11.8 Å². The summed E-state index contributed by atoms with van der Waals surface area (Å²) in [5.74, 6) is -0.0200. The Morgan fingerprint density at radius 3 is 2.86 bits per heavy atom. The number of hydrogen-bond donors (Lipinski definition) is 1. The van der Waals surface area contributed by atoms with E-state index in [0.717, 1.165) is 17.7 Å². The van der Waals surface area contributed by atoms with Crippen LogP contribution in [-0.2, 0) is 0 Å². The second-order valence-corrected chi connectivity index (χ2v) is 6.53. The van der Waals surface area contributed by atoms with Gasteiger partial charge in [-0.05, 0) is 44.1 Å². The number of carbonyl (C=O) groups is 1. The number of piperidine rings is 1. The molecule has 2 N–H and O–H groups in total. The number of thioether (sulfide) groups is 1. The Labute approximate surface area is 134 Å². The maximum atomic E-state index is 12.7. The second kappa shape index (κ2) is 7.11. The van der Waals surface area contributed by atoms with Gasteiger partial charge in [-0.2, -0.15) is 0 Å². The van der Waals surface area contributed by atoms with Crippen LogP contribution in [-0.4, -0.2) is 41.1 Å². The summed E-state index contributed by atoms with van der Waals surface area (Å²) in [6.07, 6.45) is 3.75. The Morgan fingerprint density at radius 1 is 1.55 bits per heavy atom. The lowest BCUT2D eigenvalue weighted by Gasteiger charge is -2.34. The number of nitrogens with zero attached hydrogens (tertiary/aromatic N) is 2. The SMILES string of the molecule is CSc1ccc([N+](=O)[O-])c(C(=O)N2CCCC(C(C)N)C2)c1. The molecule has 22 heavy (non-hydrogen) atoms. The minimum absolute atomic E-state index is 0.0168. The molecule has 0 aliphatic carbocycles. The summed E-state index contributed by atoms with van der Waals surface area (Å²) in [6.45, 7) is 3.13. The standard InChI is InChI=1S/C15H21N3O3S/c1-10(16)11-4-3-7-17(9-11)15(19)13-8-12(22-2)5-6-14(13)18(20)21/h5-6,8,10-11H,3-4,7,9,16H2,1-2H3. The van der Waals surface area contributed by atoms with Crippen LogP contribution in [0.1, 0.15) is 30.1 Å². The van der Waals surface area contributed by atoms with Crippen LogP contribution in [0.3, 0.4) is 0 Å². The first-order valence-electron chi connectivity index (χ1n) is 7.31. The molecule has 1 aliphatic rings. The van der Waals surface area contributed by atoms with Gasteiger partial charge in [-0.1, -0.05) is 0 Å². The summed E-state index contributed by atoms with van der Waals surface area (Å²) in [6, 6.07) is 4.70. The first-order valence-corrected chi connectivity index (χ1v) is 8.53. The predicted molar refractivity (Wildman–Crippen MR) is 87.2 cm³/mol. The van der Waals surface area contributed by atoms with Gasteiger partial charge in [0.15, 0.2) is 0 Å². The molecule has 1 saturated heterocycles. The highest BCUT2D eigenvalue weighted by molar-refractivity contribution is 7.98. The fraction of sp³-hybridized carbons (Fsp3) is 0.533. The quantitative estimate of drug-likeness (QED) is 0.522. The number of likely N-dealkylation sites (tertiary alicyclic amines) is 1. The topological polar surface area (TPSA) is 89.5 Å². The van der Waals surface area contributed by atoms with E-state index in [4.69, 9.17) is 5.73 Å². The summed E-state index contributed by atoms with van der Waals surface area (Å²) < 4.78 is 0. The average Bonchev–Trinajstić information content (AvgIpc) is 2.53. The highest BCUT2D eigenvalue weighted by atomic mass is 32.2. The summed E-state index contributed by atoms with van der Waals surface area (Å²) in [5, 5.41) is 11.2. The van der Waals surface area contributed by atoms with Crippen molar-refractivity contribution in [3.63, 3.8) is 0 Å². The zero-order valence-corrected chi connectivity index (χ0v) is 13.6. The van der Waals surface area contributed by atoms with Gasteiger partial charge in [-0.25, -0.2) is 0 Å².